The zero-order valence-electron chi connectivity index (χ0n) is 12.1. The van der Waals surface area contributed by atoms with Gasteiger partial charge in [-0.25, -0.2) is 0 Å². The van der Waals surface area contributed by atoms with E-state index >= 15 is 0 Å². The summed E-state index contributed by atoms with van der Waals surface area (Å²) in [6, 6.07) is 2.27. The minimum absolute atomic E-state index is 0.416. The fraction of sp³-hybridized carbons (Fsp3) is 0.733. The van der Waals surface area contributed by atoms with E-state index in [-0.39, 0.29) is 0 Å². The molecule has 0 aliphatic heterocycles. The van der Waals surface area contributed by atoms with Gasteiger partial charge in [-0.1, -0.05) is 27.7 Å². The largest absolute Gasteiger partial charge is 0.316 e. The summed E-state index contributed by atoms with van der Waals surface area (Å²) < 4.78 is 1.22. The third-order valence-electron chi connectivity index (χ3n) is 3.72. The highest BCUT2D eigenvalue weighted by molar-refractivity contribution is 9.10. The minimum Gasteiger partial charge on any atom is -0.316 e. The Morgan fingerprint density at radius 2 is 2.00 bits per heavy atom. The summed E-state index contributed by atoms with van der Waals surface area (Å²) in [6.07, 6.45) is 3.68. The number of hydrogen-bond acceptors (Lipinski definition) is 2. The maximum Gasteiger partial charge on any atom is 0.0285 e. The first-order valence-electron chi connectivity index (χ1n) is 6.95. The normalized spacial score (nSPS) is 12.3. The topological polar surface area (TPSA) is 12.0 Å². The molecule has 0 amide bonds. The Morgan fingerprint density at radius 1 is 1.33 bits per heavy atom. The van der Waals surface area contributed by atoms with E-state index in [1.165, 1.54) is 28.6 Å². The molecule has 0 saturated heterocycles. The summed E-state index contributed by atoms with van der Waals surface area (Å²) in [5, 5.41) is 5.84. The van der Waals surface area contributed by atoms with Crippen molar-refractivity contribution in [3.63, 3.8) is 0 Å². The van der Waals surface area contributed by atoms with Gasteiger partial charge in [0.2, 0.25) is 0 Å². The summed E-state index contributed by atoms with van der Waals surface area (Å²) in [4.78, 5) is 1.50. The molecule has 1 aromatic rings. The van der Waals surface area contributed by atoms with Crippen LogP contribution in [0.2, 0.25) is 0 Å². The summed E-state index contributed by atoms with van der Waals surface area (Å²) in [5.74, 6) is 0.729. The van der Waals surface area contributed by atoms with E-state index in [4.69, 9.17) is 0 Å². The van der Waals surface area contributed by atoms with Gasteiger partial charge in [0.05, 0.1) is 0 Å². The molecule has 0 spiro atoms. The van der Waals surface area contributed by atoms with Crippen LogP contribution in [0.5, 0.6) is 0 Å². The van der Waals surface area contributed by atoms with Crippen molar-refractivity contribution in [2.24, 2.45) is 11.3 Å². The van der Waals surface area contributed by atoms with Gasteiger partial charge in [0, 0.05) is 21.3 Å². The van der Waals surface area contributed by atoms with Crippen molar-refractivity contribution in [2.45, 2.75) is 47.0 Å². The van der Waals surface area contributed by atoms with Gasteiger partial charge in [0.25, 0.3) is 0 Å². The van der Waals surface area contributed by atoms with E-state index in [9.17, 15) is 0 Å². The van der Waals surface area contributed by atoms with E-state index in [1.54, 1.807) is 0 Å². The van der Waals surface area contributed by atoms with Gasteiger partial charge in [-0.3, -0.25) is 0 Å². The first kappa shape index (κ1) is 16.2. The Morgan fingerprint density at radius 3 is 2.44 bits per heavy atom. The van der Waals surface area contributed by atoms with Crippen LogP contribution >= 0.6 is 27.3 Å². The van der Waals surface area contributed by atoms with Crippen LogP contribution < -0.4 is 5.32 Å². The smallest absolute Gasteiger partial charge is 0.0285 e. The number of nitrogens with one attached hydrogen (secondary N) is 1. The minimum atomic E-state index is 0.416. The summed E-state index contributed by atoms with van der Waals surface area (Å²) in [6.45, 7) is 11.4. The molecular formula is C15H26BrNS. The highest BCUT2D eigenvalue weighted by Gasteiger charge is 2.26. The number of halogens is 1. The van der Waals surface area contributed by atoms with Gasteiger partial charge >= 0.3 is 0 Å². The van der Waals surface area contributed by atoms with Crippen LogP contribution in [0.4, 0.5) is 0 Å². The second-order valence-corrected chi connectivity index (χ2v) is 7.55. The lowest BCUT2D eigenvalue weighted by Gasteiger charge is -2.32. The lowest BCUT2D eigenvalue weighted by atomic mass is 9.78. The SMILES string of the molecule is CCC(CC)(CNCC(C)C)Cc1cc(Br)cs1. The Balaban J connectivity index is 2.61. The molecule has 1 heterocycles. The Hall–Kier alpha value is 0.140. The summed E-state index contributed by atoms with van der Waals surface area (Å²) >= 11 is 5.42. The van der Waals surface area contributed by atoms with Gasteiger partial charge in [0.1, 0.15) is 0 Å². The third-order valence-corrected chi connectivity index (χ3v) is 5.42. The van der Waals surface area contributed by atoms with Crippen LogP contribution in [-0.2, 0) is 6.42 Å². The molecule has 3 heteroatoms. The van der Waals surface area contributed by atoms with Crippen molar-refractivity contribution in [2.75, 3.05) is 13.1 Å². The number of hydrogen-bond donors (Lipinski definition) is 1. The van der Waals surface area contributed by atoms with Crippen molar-refractivity contribution in [3.05, 3.63) is 20.8 Å². The molecule has 1 rings (SSSR count). The Labute approximate surface area is 125 Å². The molecule has 18 heavy (non-hydrogen) atoms. The molecular weight excluding hydrogens is 306 g/mol. The molecule has 0 unspecified atom stereocenters. The average molecular weight is 332 g/mol. The van der Waals surface area contributed by atoms with Crippen LogP contribution in [0.3, 0.4) is 0 Å². The van der Waals surface area contributed by atoms with Gasteiger partial charge < -0.3 is 5.32 Å². The summed E-state index contributed by atoms with van der Waals surface area (Å²) in [5.41, 5.74) is 0.416. The summed E-state index contributed by atoms with van der Waals surface area (Å²) in [7, 11) is 0. The van der Waals surface area contributed by atoms with Crippen LogP contribution in [0.25, 0.3) is 0 Å². The van der Waals surface area contributed by atoms with E-state index in [2.05, 4.69) is 60.4 Å². The molecule has 1 aromatic heterocycles. The molecule has 0 saturated carbocycles. The monoisotopic (exact) mass is 331 g/mol. The van der Waals surface area contributed by atoms with Crippen LogP contribution in [0.1, 0.15) is 45.4 Å². The first-order chi connectivity index (χ1) is 8.51. The Bertz CT molecular complexity index is 342. The molecule has 0 fully saturated rings. The lowest BCUT2D eigenvalue weighted by molar-refractivity contribution is 0.244. The molecule has 1 nitrogen and oxygen atoms in total. The molecule has 0 radical (unpaired) electrons. The van der Waals surface area contributed by atoms with E-state index in [0.717, 1.165) is 19.0 Å². The van der Waals surface area contributed by atoms with Crippen molar-refractivity contribution in [1.29, 1.82) is 0 Å². The molecule has 104 valence electrons. The fourth-order valence-corrected chi connectivity index (χ4v) is 3.88. The van der Waals surface area contributed by atoms with Crippen molar-refractivity contribution in [1.82, 2.24) is 5.32 Å². The predicted octanol–water partition coefficient (Wildman–Crippen LogP) is 5.11. The highest BCUT2D eigenvalue weighted by Crippen LogP contribution is 2.33. The zero-order valence-corrected chi connectivity index (χ0v) is 14.5. The van der Waals surface area contributed by atoms with Crippen LogP contribution in [0.15, 0.2) is 15.9 Å². The number of rotatable bonds is 8. The molecule has 1 N–H and O–H groups in total. The van der Waals surface area contributed by atoms with Crippen molar-refractivity contribution < 1.29 is 0 Å². The predicted molar refractivity (Wildman–Crippen MR) is 86.4 cm³/mol. The van der Waals surface area contributed by atoms with Gasteiger partial charge in [-0.15, -0.1) is 11.3 Å². The van der Waals surface area contributed by atoms with E-state index in [0.29, 0.717) is 5.41 Å². The second-order valence-electron chi connectivity index (χ2n) is 5.64. The molecule has 0 bridgehead atoms. The molecule has 0 atom stereocenters. The molecule has 0 aliphatic carbocycles. The third kappa shape index (κ3) is 5.02. The highest BCUT2D eigenvalue weighted by atomic mass is 79.9. The molecule has 0 aliphatic rings. The maximum absolute atomic E-state index is 3.65. The van der Waals surface area contributed by atoms with Gasteiger partial charge in [0.15, 0.2) is 0 Å². The standard InChI is InChI=1S/C15H26BrNS/c1-5-15(6-2,11-17-9-12(3)4)8-14-7-13(16)10-18-14/h7,10,12,17H,5-6,8-9,11H2,1-4H3. The number of thiophene rings is 1. The average Bonchev–Trinajstić information content (AvgIpc) is 2.73. The first-order valence-corrected chi connectivity index (χ1v) is 8.62. The van der Waals surface area contributed by atoms with Gasteiger partial charge in [-0.05, 0) is 59.1 Å². The van der Waals surface area contributed by atoms with Crippen LogP contribution in [0, 0.1) is 11.3 Å². The molecule has 0 aromatic carbocycles. The van der Waals surface area contributed by atoms with Crippen LogP contribution in [-0.4, -0.2) is 13.1 Å². The Kier molecular flexibility index (Phi) is 6.89. The fourth-order valence-electron chi connectivity index (χ4n) is 2.25. The van der Waals surface area contributed by atoms with Crippen molar-refractivity contribution in [3.8, 4) is 0 Å². The maximum atomic E-state index is 3.65. The van der Waals surface area contributed by atoms with Crippen molar-refractivity contribution >= 4 is 27.3 Å². The second kappa shape index (κ2) is 7.66. The van der Waals surface area contributed by atoms with E-state index < -0.39 is 0 Å². The zero-order chi connectivity index (χ0) is 13.6. The lowest BCUT2D eigenvalue weighted by Crippen LogP contribution is -2.36. The quantitative estimate of drug-likeness (QED) is 0.698. The van der Waals surface area contributed by atoms with E-state index in [1.807, 2.05) is 11.3 Å². The van der Waals surface area contributed by atoms with Gasteiger partial charge in [-0.2, -0.15) is 0 Å².